The zero-order chi connectivity index (χ0) is 20.3. The maximum atomic E-state index is 12.8. The molecular formula is C25H26N2O3. The number of amides is 1. The molecule has 3 aromatic carbocycles. The molecule has 0 saturated carbocycles. The molecule has 2 aliphatic heterocycles. The van der Waals surface area contributed by atoms with E-state index < -0.39 is 0 Å². The van der Waals surface area contributed by atoms with Crippen molar-refractivity contribution in [1.29, 1.82) is 0 Å². The number of rotatable bonds is 4. The van der Waals surface area contributed by atoms with Crippen molar-refractivity contribution in [2.45, 2.75) is 19.4 Å². The van der Waals surface area contributed by atoms with E-state index in [9.17, 15) is 4.79 Å². The van der Waals surface area contributed by atoms with Crippen LogP contribution >= 0.6 is 0 Å². The Hall–Kier alpha value is -3.05. The molecule has 1 N–H and O–H groups in total. The SMILES string of the molecule is O=C(Nc1ccc2c(c1)OCCO2)C1CCN(Cc2cccc3ccccc23)CC1. The van der Waals surface area contributed by atoms with Crippen LogP contribution in [-0.4, -0.2) is 37.1 Å². The third-order valence-corrected chi connectivity index (χ3v) is 6.04. The van der Waals surface area contributed by atoms with E-state index in [1.807, 2.05) is 18.2 Å². The summed E-state index contributed by atoms with van der Waals surface area (Å²) < 4.78 is 11.2. The summed E-state index contributed by atoms with van der Waals surface area (Å²) in [4.78, 5) is 15.2. The van der Waals surface area contributed by atoms with E-state index in [1.54, 1.807) is 0 Å². The van der Waals surface area contributed by atoms with Crippen LogP contribution < -0.4 is 14.8 Å². The van der Waals surface area contributed by atoms with Crippen molar-refractivity contribution >= 4 is 22.4 Å². The minimum absolute atomic E-state index is 0.0435. The van der Waals surface area contributed by atoms with Gasteiger partial charge in [0.05, 0.1) is 0 Å². The van der Waals surface area contributed by atoms with Gasteiger partial charge >= 0.3 is 0 Å². The molecule has 1 fully saturated rings. The molecule has 0 radical (unpaired) electrons. The van der Waals surface area contributed by atoms with Crippen LogP contribution in [0, 0.1) is 5.92 Å². The van der Waals surface area contributed by atoms with E-state index in [0.717, 1.165) is 43.9 Å². The second-order valence-corrected chi connectivity index (χ2v) is 8.04. The molecule has 5 heteroatoms. The standard InChI is InChI=1S/C25H26N2O3/c28-25(26-21-8-9-23-24(16-21)30-15-14-29-23)19-10-12-27(13-11-19)17-20-6-3-5-18-4-1-2-7-22(18)20/h1-9,16,19H,10-15,17H2,(H,26,28). The lowest BCUT2D eigenvalue weighted by molar-refractivity contribution is -0.121. The number of ether oxygens (including phenoxy) is 2. The third kappa shape index (κ3) is 3.98. The Morgan fingerprint density at radius 2 is 1.70 bits per heavy atom. The number of carbonyl (C=O) groups is 1. The van der Waals surface area contributed by atoms with Gasteiger partial charge in [-0.25, -0.2) is 0 Å². The molecule has 1 saturated heterocycles. The molecule has 2 heterocycles. The maximum absolute atomic E-state index is 12.8. The number of nitrogens with one attached hydrogen (secondary N) is 1. The number of anilines is 1. The number of carbonyl (C=O) groups excluding carboxylic acids is 1. The van der Waals surface area contributed by atoms with Gasteiger partial charge in [0.1, 0.15) is 13.2 Å². The van der Waals surface area contributed by atoms with Crippen molar-refractivity contribution < 1.29 is 14.3 Å². The Kier molecular flexibility index (Phi) is 5.28. The number of hydrogen-bond acceptors (Lipinski definition) is 4. The molecule has 5 rings (SSSR count). The lowest BCUT2D eigenvalue weighted by Gasteiger charge is -2.31. The lowest BCUT2D eigenvalue weighted by atomic mass is 9.95. The summed E-state index contributed by atoms with van der Waals surface area (Å²) >= 11 is 0. The normalized spacial score (nSPS) is 17.1. The van der Waals surface area contributed by atoms with Crippen LogP contribution in [0.2, 0.25) is 0 Å². The van der Waals surface area contributed by atoms with Gasteiger partial charge in [-0.3, -0.25) is 9.69 Å². The highest BCUT2D eigenvalue weighted by atomic mass is 16.6. The molecule has 1 amide bonds. The molecule has 3 aromatic rings. The molecule has 154 valence electrons. The summed E-state index contributed by atoms with van der Waals surface area (Å²) in [6.45, 7) is 3.90. The summed E-state index contributed by atoms with van der Waals surface area (Å²) in [7, 11) is 0. The number of piperidine rings is 1. The first-order chi connectivity index (χ1) is 14.8. The lowest BCUT2D eigenvalue weighted by Crippen LogP contribution is -2.37. The zero-order valence-corrected chi connectivity index (χ0v) is 17.0. The van der Waals surface area contributed by atoms with Crippen molar-refractivity contribution in [3.05, 3.63) is 66.2 Å². The van der Waals surface area contributed by atoms with Gasteiger partial charge in [-0.05, 0) is 54.4 Å². The average Bonchev–Trinajstić information content (AvgIpc) is 2.80. The van der Waals surface area contributed by atoms with Crippen molar-refractivity contribution in [3.8, 4) is 11.5 Å². The van der Waals surface area contributed by atoms with Gasteiger partial charge in [0.25, 0.3) is 0 Å². The first-order valence-corrected chi connectivity index (χ1v) is 10.7. The van der Waals surface area contributed by atoms with E-state index >= 15 is 0 Å². The molecule has 0 aromatic heterocycles. The highest BCUT2D eigenvalue weighted by Crippen LogP contribution is 2.33. The van der Waals surface area contributed by atoms with Crippen molar-refractivity contribution in [3.63, 3.8) is 0 Å². The number of benzene rings is 3. The van der Waals surface area contributed by atoms with E-state index in [4.69, 9.17) is 9.47 Å². The van der Waals surface area contributed by atoms with Crippen LogP contribution in [0.5, 0.6) is 11.5 Å². The van der Waals surface area contributed by atoms with Gasteiger partial charge in [-0.2, -0.15) is 0 Å². The summed E-state index contributed by atoms with van der Waals surface area (Å²) in [5.41, 5.74) is 2.12. The zero-order valence-electron chi connectivity index (χ0n) is 17.0. The molecular weight excluding hydrogens is 376 g/mol. The fraction of sp³-hybridized carbons (Fsp3) is 0.320. The van der Waals surface area contributed by atoms with E-state index in [0.29, 0.717) is 19.0 Å². The Bertz CT molecular complexity index is 1050. The summed E-state index contributed by atoms with van der Waals surface area (Å²) in [5.74, 6) is 1.57. The van der Waals surface area contributed by atoms with Gasteiger partial charge in [-0.1, -0.05) is 42.5 Å². The van der Waals surface area contributed by atoms with Gasteiger partial charge in [0.15, 0.2) is 11.5 Å². The van der Waals surface area contributed by atoms with Crippen LogP contribution in [0.15, 0.2) is 60.7 Å². The van der Waals surface area contributed by atoms with Crippen molar-refractivity contribution in [1.82, 2.24) is 4.90 Å². The van der Waals surface area contributed by atoms with Crippen LogP contribution in [0.3, 0.4) is 0 Å². The number of fused-ring (bicyclic) bond motifs is 2. The molecule has 30 heavy (non-hydrogen) atoms. The first-order valence-electron chi connectivity index (χ1n) is 10.7. The van der Waals surface area contributed by atoms with Crippen LogP contribution in [0.25, 0.3) is 10.8 Å². The molecule has 5 nitrogen and oxygen atoms in total. The Morgan fingerprint density at radius 3 is 2.57 bits per heavy atom. The van der Waals surface area contributed by atoms with Crippen molar-refractivity contribution in [2.24, 2.45) is 5.92 Å². The van der Waals surface area contributed by atoms with Crippen LogP contribution in [-0.2, 0) is 11.3 Å². The van der Waals surface area contributed by atoms with Gasteiger partial charge in [0.2, 0.25) is 5.91 Å². The van der Waals surface area contributed by atoms with Gasteiger partial charge in [-0.15, -0.1) is 0 Å². The molecule has 0 unspecified atom stereocenters. The highest BCUT2D eigenvalue weighted by molar-refractivity contribution is 5.93. The Labute approximate surface area is 176 Å². The fourth-order valence-electron chi connectivity index (χ4n) is 4.39. The molecule has 0 aliphatic carbocycles. The van der Waals surface area contributed by atoms with E-state index in [2.05, 4.69) is 52.7 Å². The van der Waals surface area contributed by atoms with Crippen LogP contribution in [0.4, 0.5) is 5.69 Å². The predicted molar refractivity (Wildman–Crippen MR) is 118 cm³/mol. The Balaban J connectivity index is 1.18. The van der Waals surface area contributed by atoms with Crippen molar-refractivity contribution in [2.75, 3.05) is 31.6 Å². The largest absolute Gasteiger partial charge is 0.486 e. The molecule has 0 spiro atoms. The topological polar surface area (TPSA) is 50.8 Å². The summed E-state index contributed by atoms with van der Waals surface area (Å²) in [6, 6.07) is 20.6. The Morgan fingerprint density at radius 1 is 0.933 bits per heavy atom. The van der Waals surface area contributed by atoms with Gasteiger partial charge in [0, 0.05) is 24.2 Å². The predicted octanol–water partition coefficient (Wildman–Crippen LogP) is 4.46. The maximum Gasteiger partial charge on any atom is 0.227 e. The third-order valence-electron chi connectivity index (χ3n) is 6.04. The number of likely N-dealkylation sites (tertiary alicyclic amines) is 1. The molecule has 2 aliphatic rings. The minimum atomic E-state index is 0.0435. The molecule has 0 atom stereocenters. The number of hydrogen-bond donors (Lipinski definition) is 1. The summed E-state index contributed by atoms with van der Waals surface area (Å²) in [6.07, 6.45) is 1.75. The van der Waals surface area contributed by atoms with Gasteiger partial charge < -0.3 is 14.8 Å². The highest BCUT2D eigenvalue weighted by Gasteiger charge is 2.25. The van der Waals surface area contributed by atoms with Crippen LogP contribution in [0.1, 0.15) is 18.4 Å². The minimum Gasteiger partial charge on any atom is -0.486 e. The second-order valence-electron chi connectivity index (χ2n) is 8.04. The fourth-order valence-corrected chi connectivity index (χ4v) is 4.39. The quantitative estimate of drug-likeness (QED) is 0.700. The molecule has 0 bridgehead atoms. The van der Waals surface area contributed by atoms with E-state index in [1.165, 1.54) is 16.3 Å². The summed E-state index contributed by atoms with van der Waals surface area (Å²) in [5, 5.41) is 5.66. The smallest absolute Gasteiger partial charge is 0.227 e. The average molecular weight is 402 g/mol. The van der Waals surface area contributed by atoms with E-state index in [-0.39, 0.29) is 11.8 Å². The first kappa shape index (κ1) is 18.9. The second kappa shape index (κ2) is 8.36. The number of nitrogens with zero attached hydrogens (tertiary/aromatic N) is 1. The monoisotopic (exact) mass is 402 g/mol.